The predicted molar refractivity (Wildman–Crippen MR) is 85.8 cm³/mol. The zero-order chi connectivity index (χ0) is 14.5. The molecule has 5 heteroatoms. The van der Waals surface area contributed by atoms with E-state index in [1.807, 2.05) is 31.4 Å². The molecule has 0 amide bonds. The summed E-state index contributed by atoms with van der Waals surface area (Å²) in [6.45, 7) is 2.55. The molecule has 0 unspecified atom stereocenters. The summed E-state index contributed by atoms with van der Waals surface area (Å²) >= 11 is 7.92. The minimum absolute atomic E-state index is 0.0243. The molecule has 0 saturated carbocycles. The van der Waals surface area contributed by atoms with Crippen molar-refractivity contribution in [1.29, 1.82) is 0 Å². The summed E-state index contributed by atoms with van der Waals surface area (Å²) in [6.07, 6.45) is 1.97. The maximum atomic E-state index is 11.9. The summed E-state index contributed by atoms with van der Waals surface area (Å²) in [5.41, 5.74) is 1.63. The van der Waals surface area contributed by atoms with E-state index >= 15 is 0 Å². The van der Waals surface area contributed by atoms with Crippen LogP contribution in [0.5, 0.6) is 5.75 Å². The van der Waals surface area contributed by atoms with Crippen LogP contribution in [-0.4, -0.2) is 16.8 Å². The fraction of sp³-hybridized carbons (Fsp3) is 0.267. The SMILES string of the molecule is CCn1c(-c2ccc(OCSC)cc2Cl)cccc1=O. The standard InChI is InChI=1S/C15H16ClNO2S/c1-3-17-14(5-4-6-15(17)18)12-8-7-11(9-13(12)16)19-10-20-2/h4-9H,3,10H2,1-2H3. The Hall–Kier alpha value is -1.39. The third-order valence-electron chi connectivity index (χ3n) is 2.93. The first kappa shape index (κ1) is 15.0. The summed E-state index contributed by atoms with van der Waals surface area (Å²) in [7, 11) is 0. The Morgan fingerprint density at radius 2 is 2.10 bits per heavy atom. The Labute approximate surface area is 127 Å². The predicted octanol–water partition coefficient (Wildman–Crippen LogP) is 3.89. The maximum absolute atomic E-state index is 11.9. The van der Waals surface area contributed by atoms with Crippen molar-refractivity contribution in [3.63, 3.8) is 0 Å². The van der Waals surface area contributed by atoms with Crippen LogP contribution in [0, 0.1) is 0 Å². The molecule has 0 fully saturated rings. The van der Waals surface area contributed by atoms with Gasteiger partial charge in [0.25, 0.3) is 5.56 Å². The number of hydrogen-bond acceptors (Lipinski definition) is 3. The number of ether oxygens (including phenoxy) is 1. The molecule has 0 radical (unpaired) electrons. The van der Waals surface area contributed by atoms with Crippen LogP contribution in [0.3, 0.4) is 0 Å². The van der Waals surface area contributed by atoms with Crippen molar-refractivity contribution in [1.82, 2.24) is 4.57 Å². The van der Waals surface area contributed by atoms with Crippen LogP contribution in [-0.2, 0) is 6.54 Å². The van der Waals surface area contributed by atoms with Crippen LogP contribution in [0.2, 0.25) is 5.02 Å². The van der Waals surface area contributed by atoms with Gasteiger partial charge in [-0.3, -0.25) is 4.79 Å². The van der Waals surface area contributed by atoms with Crippen molar-refractivity contribution in [2.75, 3.05) is 12.2 Å². The summed E-state index contributed by atoms with van der Waals surface area (Å²) in [4.78, 5) is 11.9. The fourth-order valence-electron chi connectivity index (χ4n) is 2.00. The minimum Gasteiger partial charge on any atom is -0.483 e. The molecule has 1 aromatic heterocycles. The number of nitrogens with zero attached hydrogens (tertiary/aromatic N) is 1. The summed E-state index contributed by atoms with van der Waals surface area (Å²) < 4.78 is 7.22. The average molecular weight is 310 g/mol. The molecule has 2 aromatic rings. The van der Waals surface area contributed by atoms with Crippen LogP contribution in [0.15, 0.2) is 41.2 Å². The van der Waals surface area contributed by atoms with Gasteiger partial charge in [0.2, 0.25) is 0 Å². The molecule has 2 rings (SSSR count). The van der Waals surface area contributed by atoms with E-state index in [9.17, 15) is 4.79 Å². The Bertz CT molecular complexity index is 655. The molecule has 0 N–H and O–H groups in total. The molecular formula is C15H16ClNO2S. The van der Waals surface area contributed by atoms with Gasteiger partial charge in [0.15, 0.2) is 0 Å². The Morgan fingerprint density at radius 3 is 2.75 bits per heavy atom. The molecule has 1 aromatic carbocycles. The zero-order valence-corrected chi connectivity index (χ0v) is 13.0. The van der Waals surface area contributed by atoms with E-state index in [0.717, 1.165) is 17.0 Å². The largest absolute Gasteiger partial charge is 0.483 e. The van der Waals surface area contributed by atoms with Gasteiger partial charge in [-0.2, -0.15) is 0 Å². The van der Waals surface area contributed by atoms with Gasteiger partial charge in [0.1, 0.15) is 11.7 Å². The number of thioether (sulfide) groups is 1. The maximum Gasteiger partial charge on any atom is 0.250 e. The number of rotatable bonds is 5. The number of pyridine rings is 1. The summed E-state index contributed by atoms with van der Waals surface area (Å²) in [5.74, 6) is 1.31. The van der Waals surface area contributed by atoms with Crippen LogP contribution < -0.4 is 10.3 Å². The topological polar surface area (TPSA) is 31.2 Å². The van der Waals surface area contributed by atoms with Gasteiger partial charge in [-0.25, -0.2) is 0 Å². The van der Waals surface area contributed by atoms with E-state index in [1.54, 1.807) is 34.5 Å². The van der Waals surface area contributed by atoms with Crippen LogP contribution >= 0.6 is 23.4 Å². The quantitative estimate of drug-likeness (QED) is 0.785. The number of benzene rings is 1. The van der Waals surface area contributed by atoms with Crippen molar-refractivity contribution in [2.24, 2.45) is 0 Å². The minimum atomic E-state index is -0.0243. The Kier molecular flexibility index (Phi) is 5.15. The highest BCUT2D eigenvalue weighted by molar-refractivity contribution is 7.98. The summed E-state index contributed by atoms with van der Waals surface area (Å²) in [6, 6.07) is 10.7. The Morgan fingerprint density at radius 1 is 1.30 bits per heavy atom. The van der Waals surface area contributed by atoms with Gasteiger partial charge in [0, 0.05) is 18.2 Å². The molecular weight excluding hydrogens is 294 g/mol. The van der Waals surface area contributed by atoms with Crippen LogP contribution in [0.1, 0.15) is 6.92 Å². The molecule has 0 bridgehead atoms. The molecule has 20 heavy (non-hydrogen) atoms. The Balaban J connectivity index is 2.44. The number of hydrogen-bond donors (Lipinski definition) is 0. The highest BCUT2D eigenvalue weighted by Crippen LogP contribution is 2.30. The van der Waals surface area contributed by atoms with E-state index in [-0.39, 0.29) is 5.56 Å². The average Bonchev–Trinajstić information content (AvgIpc) is 2.45. The third kappa shape index (κ3) is 3.19. The lowest BCUT2D eigenvalue weighted by atomic mass is 10.1. The van der Waals surface area contributed by atoms with E-state index in [0.29, 0.717) is 17.5 Å². The van der Waals surface area contributed by atoms with Crippen molar-refractivity contribution >= 4 is 23.4 Å². The monoisotopic (exact) mass is 309 g/mol. The van der Waals surface area contributed by atoms with Gasteiger partial charge in [-0.1, -0.05) is 17.7 Å². The number of halogens is 1. The molecule has 1 heterocycles. The van der Waals surface area contributed by atoms with E-state index < -0.39 is 0 Å². The van der Waals surface area contributed by atoms with Crippen molar-refractivity contribution in [3.05, 3.63) is 51.8 Å². The molecule has 0 aliphatic heterocycles. The second-order valence-corrected chi connectivity index (χ2v) is 5.41. The first-order valence-electron chi connectivity index (χ1n) is 6.29. The lowest BCUT2D eigenvalue weighted by Gasteiger charge is -2.13. The molecule has 0 saturated heterocycles. The normalized spacial score (nSPS) is 10.6. The molecule has 0 aliphatic rings. The van der Waals surface area contributed by atoms with E-state index in [4.69, 9.17) is 16.3 Å². The van der Waals surface area contributed by atoms with Gasteiger partial charge >= 0.3 is 0 Å². The van der Waals surface area contributed by atoms with Crippen molar-refractivity contribution in [2.45, 2.75) is 13.5 Å². The number of aromatic nitrogens is 1. The van der Waals surface area contributed by atoms with Crippen LogP contribution in [0.4, 0.5) is 0 Å². The first-order chi connectivity index (χ1) is 9.67. The molecule has 0 spiro atoms. The highest BCUT2D eigenvalue weighted by Gasteiger charge is 2.09. The molecule has 0 aliphatic carbocycles. The van der Waals surface area contributed by atoms with Gasteiger partial charge in [0.05, 0.1) is 10.7 Å². The molecule has 3 nitrogen and oxygen atoms in total. The van der Waals surface area contributed by atoms with E-state index in [1.165, 1.54) is 0 Å². The lowest BCUT2D eigenvalue weighted by molar-refractivity contribution is 0.393. The van der Waals surface area contributed by atoms with Gasteiger partial charge < -0.3 is 9.30 Å². The second kappa shape index (κ2) is 6.86. The third-order valence-corrected chi connectivity index (χ3v) is 3.59. The summed E-state index contributed by atoms with van der Waals surface area (Å²) in [5, 5.41) is 0.580. The van der Waals surface area contributed by atoms with Gasteiger partial charge in [-0.05, 0) is 37.4 Å². The molecule has 0 atom stereocenters. The second-order valence-electron chi connectivity index (χ2n) is 4.19. The highest BCUT2D eigenvalue weighted by atomic mass is 35.5. The van der Waals surface area contributed by atoms with Crippen molar-refractivity contribution < 1.29 is 4.74 Å². The van der Waals surface area contributed by atoms with Gasteiger partial charge in [-0.15, -0.1) is 11.8 Å². The van der Waals surface area contributed by atoms with Crippen molar-refractivity contribution in [3.8, 4) is 17.0 Å². The lowest BCUT2D eigenvalue weighted by Crippen LogP contribution is -2.19. The first-order valence-corrected chi connectivity index (χ1v) is 8.06. The zero-order valence-electron chi connectivity index (χ0n) is 11.4. The molecule has 106 valence electrons. The fourth-order valence-corrected chi connectivity index (χ4v) is 2.52. The van der Waals surface area contributed by atoms with E-state index in [2.05, 4.69) is 0 Å². The van der Waals surface area contributed by atoms with Crippen LogP contribution in [0.25, 0.3) is 11.3 Å². The smallest absolute Gasteiger partial charge is 0.250 e.